The summed E-state index contributed by atoms with van der Waals surface area (Å²) in [5.41, 5.74) is 0.937. The van der Waals surface area contributed by atoms with Crippen molar-refractivity contribution < 1.29 is 25.0 Å². The first-order valence-electron chi connectivity index (χ1n) is 8.12. The third-order valence-electron chi connectivity index (χ3n) is 4.73. The number of hydrogen-bond donors (Lipinski definition) is 5. The number of rotatable bonds is 4. The molecule has 2 unspecified atom stereocenters. The summed E-state index contributed by atoms with van der Waals surface area (Å²) in [4.78, 5) is 23.9. The number of carboxylic acid groups (broad SMARTS) is 1. The van der Waals surface area contributed by atoms with Gasteiger partial charge in [0.1, 0.15) is 5.69 Å². The third-order valence-corrected chi connectivity index (χ3v) is 5.34. The van der Waals surface area contributed by atoms with Gasteiger partial charge in [-0.25, -0.2) is 0 Å². The molecule has 3 rings (SSSR count). The highest BCUT2D eigenvalue weighted by Gasteiger charge is 2.34. The number of carbonyl (C=O) groups is 1. The van der Waals surface area contributed by atoms with Gasteiger partial charge in [0.05, 0.1) is 21.0 Å². The molecule has 1 aromatic carbocycles. The molecule has 2 heterocycles. The molecular formula is C15H20BrClN4O6. The normalized spacial score (nSPS) is 22.8. The number of nitrogens with zero attached hydrogens (tertiary/aromatic N) is 2. The number of carboxylic acids is 1. The molecule has 12 heteroatoms. The minimum absolute atomic E-state index is 0. The van der Waals surface area contributed by atoms with E-state index in [0.29, 0.717) is 43.7 Å². The fourth-order valence-electron chi connectivity index (χ4n) is 3.33. The fraction of sp³-hybridized carbons (Fsp3) is 0.533. The Kier molecular flexibility index (Phi) is 6.87. The summed E-state index contributed by atoms with van der Waals surface area (Å²) in [6.07, 6.45) is -1.60. The highest BCUT2D eigenvalue weighted by atomic mass is 79.9. The van der Waals surface area contributed by atoms with Crippen molar-refractivity contribution in [2.75, 3.05) is 23.7 Å². The van der Waals surface area contributed by atoms with Crippen molar-refractivity contribution >= 4 is 51.4 Å². The smallest absolute Gasteiger partial charge is 0.308 e. The summed E-state index contributed by atoms with van der Waals surface area (Å²) in [5, 5.41) is 45.4. The number of halogens is 2. The van der Waals surface area contributed by atoms with Gasteiger partial charge in [0, 0.05) is 6.54 Å². The molecule has 1 aromatic rings. The third kappa shape index (κ3) is 4.43. The number of fused-ring (bicyclic) bond motifs is 1. The number of hydrogen-bond acceptors (Lipinski definition) is 8. The van der Waals surface area contributed by atoms with Crippen LogP contribution in [0.1, 0.15) is 18.4 Å². The van der Waals surface area contributed by atoms with Crippen molar-refractivity contribution in [1.82, 2.24) is 4.90 Å². The van der Waals surface area contributed by atoms with Crippen LogP contribution in [0.4, 0.5) is 17.1 Å². The van der Waals surface area contributed by atoms with E-state index < -0.39 is 23.3 Å². The number of anilines is 2. The average molecular weight is 468 g/mol. The predicted molar refractivity (Wildman–Crippen MR) is 103 cm³/mol. The largest absolute Gasteiger partial charge is 0.481 e. The molecule has 1 saturated heterocycles. The zero-order chi connectivity index (χ0) is 19.0. The summed E-state index contributed by atoms with van der Waals surface area (Å²) < 4.78 is 0.259. The van der Waals surface area contributed by atoms with Gasteiger partial charge in [0.2, 0.25) is 0 Å². The number of nitro benzene ring substituents is 1. The van der Waals surface area contributed by atoms with Crippen LogP contribution in [0.25, 0.3) is 0 Å². The van der Waals surface area contributed by atoms with Crippen LogP contribution in [0.5, 0.6) is 0 Å². The Balaban J connectivity index is 0.00000261. The molecule has 0 aromatic heterocycles. The first-order chi connectivity index (χ1) is 12.3. The molecule has 150 valence electrons. The van der Waals surface area contributed by atoms with Crippen molar-refractivity contribution in [3.8, 4) is 0 Å². The lowest BCUT2D eigenvalue weighted by Crippen LogP contribution is -2.43. The van der Waals surface area contributed by atoms with Gasteiger partial charge in [-0.2, -0.15) is 0 Å². The monoisotopic (exact) mass is 466 g/mol. The van der Waals surface area contributed by atoms with E-state index in [0.717, 1.165) is 0 Å². The molecule has 0 radical (unpaired) electrons. The number of aliphatic hydroxyl groups excluding tert-OH is 2. The van der Waals surface area contributed by atoms with Crippen molar-refractivity contribution in [1.29, 1.82) is 0 Å². The fourth-order valence-corrected chi connectivity index (χ4v) is 3.95. The molecule has 1 fully saturated rings. The molecule has 10 nitrogen and oxygen atoms in total. The first-order valence-corrected chi connectivity index (χ1v) is 8.91. The summed E-state index contributed by atoms with van der Waals surface area (Å²) in [6, 6.07) is 1.61. The Bertz CT molecular complexity index is 744. The van der Waals surface area contributed by atoms with Gasteiger partial charge in [-0.1, -0.05) is 0 Å². The molecule has 2 atom stereocenters. The van der Waals surface area contributed by atoms with E-state index in [1.54, 1.807) is 6.07 Å². The number of aliphatic hydroxyl groups is 2. The SMILES string of the molecule is Cl.O=C(O)C1CCN(Cc2cc(Br)c([N+](=O)[O-])c3c2NC(O)C(O)N3)CC1. The summed E-state index contributed by atoms with van der Waals surface area (Å²) in [7, 11) is 0. The molecule has 0 bridgehead atoms. The maximum absolute atomic E-state index is 11.4. The van der Waals surface area contributed by atoms with Gasteiger partial charge in [-0.3, -0.25) is 19.8 Å². The molecule has 0 aliphatic carbocycles. The van der Waals surface area contributed by atoms with Crippen molar-refractivity contribution in [2.45, 2.75) is 31.8 Å². The Morgan fingerprint density at radius 1 is 1.26 bits per heavy atom. The predicted octanol–water partition coefficient (Wildman–Crippen LogP) is 1.55. The highest BCUT2D eigenvalue weighted by Crippen LogP contribution is 2.44. The van der Waals surface area contributed by atoms with E-state index in [-0.39, 0.29) is 34.2 Å². The van der Waals surface area contributed by atoms with Gasteiger partial charge < -0.3 is 26.0 Å². The van der Waals surface area contributed by atoms with Crippen LogP contribution >= 0.6 is 28.3 Å². The second-order valence-electron chi connectivity index (χ2n) is 6.44. The van der Waals surface area contributed by atoms with E-state index in [1.807, 2.05) is 0 Å². The zero-order valence-corrected chi connectivity index (χ0v) is 16.5. The van der Waals surface area contributed by atoms with Gasteiger partial charge in [-0.05, 0) is 53.5 Å². The van der Waals surface area contributed by atoms with Crippen LogP contribution in [0.15, 0.2) is 10.5 Å². The zero-order valence-electron chi connectivity index (χ0n) is 14.1. The van der Waals surface area contributed by atoms with Crippen LogP contribution in [-0.4, -0.2) is 56.7 Å². The highest BCUT2D eigenvalue weighted by molar-refractivity contribution is 9.10. The van der Waals surface area contributed by atoms with Crippen LogP contribution in [-0.2, 0) is 11.3 Å². The van der Waals surface area contributed by atoms with Crippen molar-refractivity contribution in [3.05, 3.63) is 26.2 Å². The van der Waals surface area contributed by atoms with Crippen LogP contribution in [0, 0.1) is 16.0 Å². The van der Waals surface area contributed by atoms with Crippen LogP contribution < -0.4 is 10.6 Å². The van der Waals surface area contributed by atoms with E-state index in [2.05, 4.69) is 31.5 Å². The van der Waals surface area contributed by atoms with E-state index in [4.69, 9.17) is 5.11 Å². The molecule has 0 spiro atoms. The summed E-state index contributed by atoms with van der Waals surface area (Å²) >= 11 is 3.21. The van der Waals surface area contributed by atoms with Gasteiger partial charge in [0.15, 0.2) is 12.5 Å². The molecule has 27 heavy (non-hydrogen) atoms. The number of aliphatic carboxylic acids is 1. The molecular weight excluding hydrogens is 448 g/mol. The second-order valence-corrected chi connectivity index (χ2v) is 7.29. The minimum Gasteiger partial charge on any atom is -0.481 e. The first kappa shape index (κ1) is 21.6. The quantitative estimate of drug-likeness (QED) is 0.328. The molecule has 2 aliphatic heterocycles. The Morgan fingerprint density at radius 3 is 2.33 bits per heavy atom. The number of nitrogens with one attached hydrogen (secondary N) is 2. The number of piperidine rings is 1. The lowest BCUT2D eigenvalue weighted by atomic mass is 9.96. The lowest BCUT2D eigenvalue weighted by Gasteiger charge is -2.34. The molecule has 2 aliphatic rings. The number of likely N-dealkylation sites (tertiary alicyclic amines) is 1. The molecule has 5 N–H and O–H groups in total. The van der Waals surface area contributed by atoms with Gasteiger partial charge in [0.25, 0.3) is 0 Å². The van der Waals surface area contributed by atoms with E-state index in [1.165, 1.54) is 0 Å². The number of benzene rings is 1. The lowest BCUT2D eigenvalue weighted by molar-refractivity contribution is -0.384. The molecule has 0 amide bonds. The van der Waals surface area contributed by atoms with Crippen molar-refractivity contribution in [3.63, 3.8) is 0 Å². The maximum atomic E-state index is 11.4. The Morgan fingerprint density at radius 2 is 1.81 bits per heavy atom. The maximum Gasteiger partial charge on any atom is 0.308 e. The van der Waals surface area contributed by atoms with Gasteiger partial charge in [-0.15, -0.1) is 12.4 Å². The summed E-state index contributed by atoms with van der Waals surface area (Å²) in [6.45, 7) is 1.63. The van der Waals surface area contributed by atoms with E-state index >= 15 is 0 Å². The number of nitro groups is 1. The standard InChI is InChI=1S/C15H19BrN4O6.ClH/c16-9-5-8(6-19-3-1-7(2-4-19)15(23)24)10-11(12(9)20(25)26)18-14(22)13(21)17-10;/h5,7,13-14,17-18,21-22H,1-4,6H2,(H,23,24);1H. The van der Waals surface area contributed by atoms with Gasteiger partial charge >= 0.3 is 11.7 Å². The van der Waals surface area contributed by atoms with E-state index in [9.17, 15) is 25.1 Å². The topological polar surface area (TPSA) is 148 Å². The van der Waals surface area contributed by atoms with Crippen LogP contribution in [0.3, 0.4) is 0 Å². The minimum atomic E-state index is -1.38. The Hall–Kier alpha value is -1.66. The Labute approximate surface area is 169 Å². The molecule has 0 saturated carbocycles. The second kappa shape index (κ2) is 8.57. The van der Waals surface area contributed by atoms with Crippen molar-refractivity contribution in [2.24, 2.45) is 5.92 Å². The average Bonchev–Trinajstić information content (AvgIpc) is 2.57. The van der Waals surface area contributed by atoms with Crippen LogP contribution in [0.2, 0.25) is 0 Å². The summed E-state index contributed by atoms with van der Waals surface area (Å²) in [5.74, 6) is -1.14.